The summed E-state index contributed by atoms with van der Waals surface area (Å²) in [6.45, 7) is 1.86. The number of hydrogen-bond donors (Lipinski definition) is 2. The molecule has 4 saturated carbocycles. The number of aliphatic hydroxyl groups is 1. The van der Waals surface area contributed by atoms with Gasteiger partial charge in [-0.1, -0.05) is 12.1 Å². The molecule has 3 aromatic heterocycles. The highest BCUT2D eigenvalue weighted by atomic mass is 16.3. The van der Waals surface area contributed by atoms with E-state index in [4.69, 9.17) is 10.8 Å². The van der Waals surface area contributed by atoms with Crippen LogP contribution in [0.15, 0.2) is 47.5 Å². The van der Waals surface area contributed by atoms with E-state index in [1.165, 1.54) is 12.8 Å². The van der Waals surface area contributed by atoms with Gasteiger partial charge in [0.15, 0.2) is 0 Å². The molecule has 0 spiro atoms. The van der Waals surface area contributed by atoms with Crippen molar-refractivity contribution in [3.8, 4) is 11.3 Å². The second kappa shape index (κ2) is 6.44. The highest BCUT2D eigenvalue weighted by Gasteiger charge is 2.45. The number of fused-ring (bicyclic) bond motifs is 3. The van der Waals surface area contributed by atoms with Crippen LogP contribution in [0.4, 0.5) is 5.82 Å². The van der Waals surface area contributed by atoms with Crippen LogP contribution in [-0.2, 0) is 0 Å². The maximum Gasteiger partial charge on any atom is 0.258 e. The zero-order valence-electron chi connectivity index (χ0n) is 18.6. The summed E-state index contributed by atoms with van der Waals surface area (Å²) < 4.78 is 3.94. The van der Waals surface area contributed by atoms with E-state index < -0.39 is 5.60 Å². The van der Waals surface area contributed by atoms with Crippen molar-refractivity contribution in [2.75, 3.05) is 5.73 Å². The zero-order chi connectivity index (χ0) is 22.5. The summed E-state index contributed by atoms with van der Waals surface area (Å²) in [5, 5.41) is 17.7. The zero-order valence-corrected chi connectivity index (χ0v) is 18.6. The van der Waals surface area contributed by atoms with Gasteiger partial charge in [-0.2, -0.15) is 5.10 Å². The van der Waals surface area contributed by atoms with Crippen molar-refractivity contribution in [3.05, 3.63) is 53.1 Å². The fourth-order valence-corrected chi connectivity index (χ4v) is 6.55. The van der Waals surface area contributed by atoms with Crippen molar-refractivity contribution in [1.82, 2.24) is 19.3 Å². The molecule has 3 heterocycles. The number of rotatable bonds is 3. The normalized spacial score (nSPS) is 30.5. The summed E-state index contributed by atoms with van der Waals surface area (Å²) >= 11 is 0. The molecule has 7 heteroatoms. The van der Waals surface area contributed by atoms with Crippen molar-refractivity contribution in [1.29, 1.82) is 0 Å². The lowest BCUT2D eigenvalue weighted by molar-refractivity contribution is -0.0529. The summed E-state index contributed by atoms with van der Waals surface area (Å²) in [5.74, 6) is 1.88. The Bertz CT molecular complexity index is 1490. The van der Waals surface area contributed by atoms with Gasteiger partial charge in [-0.05, 0) is 74.4 Å². The number of pyridine rings is 2. The van der Waals surface area contributed by atoms with Gasteiger partial charge in [-0.3, -0.25) is 9.48 Å². The summed E-state index contributed by atoms with van der Waals surface area (Å²) in [5.41, 5.74) is 8.25. The van der Waals surface area contributed by atoms with Gasteiger partial charge in [-0.25, -0.2) is 4.98 Å². The van der Waals surface area contributed by atoms with E-state index in [0.717, 1.165) is 45.3 Å². The highest BCUT2D eigenvalue weighted by molar-refractivity contribution is 6.01. The van der Waals surface area contributed by atoms with Gasteiger partial charge in [0.1, 0.15) is 11.5 Å². The average Bonchev–Trinajstić information content (AvgIpc) is 3.45. The van der Waals surface area contributed by atoms with Crippen molar-refractivity contribution in [2.45, 2.75) is 56.7 Å². The topological polar surface area (TPSA) is 99.0 Å². The van der Waals surface area contributed by atoms with E-state index in [0.29, 0.717) is 30.6 Å². The first kappa shape index (κ1) is 19.3. The van der Waals surface area contributed by atoms with E-state index in [1.54, 1.807) is 6.20 Å². The molecule has 2 bridgehead atoms. The molecule has 4 aliphatic rings. The van der Waals surface area contributed by atoms with Crippen molar-refractivity contribution >= 4 is 27.5 Å². The lowest BCUT2D eigenvalue weighted by Crippen LogP contribution is -2.42. The molecule has 168 valence electrons. The van der Waals surface area contributed by atoms with E-state index >= 15 is 0 Å². The number of nitrogens with two attached hydrogens (primary N) is 1. The van der Waals surface area contributed by atoms with Crippen molar-refractivity contribution < 1.29 is 5.11 Å². The lowest BCUT2D eigenvalue weighted by Gasteiger charge is -2.41. The first-order valence-corrected chi connectivity index (χ1v) is 11.9. The number of anilines is 1. The Morgan fingerprint density at radius 3 is 2.70 bits per heavy atom. The van der Waals surface area contributed by atoms with Crippen molar-refractivity contribution in [3.63, 3.8) is 0 Å². The van der Waals surface area contributed by atoms with Crippen LogP contribution in [0.2, 0.25) is 0 Å². The Balaban J connectivity index is 1.38. The molecular formula is C26H27N5O2. The summed E-state index contributed by atoms with van der Waals surface area (Å²) in [6, 6.07) is 10.4. The minimum atomic E-state index is -0.656. The highest BCUT2D eigenvalue weighted by Crippen LogP contribution is 2.54. The predicted octanol–water partition coefficient (Wildman–Crippen LogP) is 4.05. The number of hydrogen-bond acceptors (Lipinski definition) is 5. The average molecular weight is 442 g/mol. The molecule has 0 radical (unpaired) electrons. The Labute approximate surface area is 190 Å². The Kier molecular flexibility index (Phi) is 3.77. The minimum absolute atomic E-state index is 0.0803. The standard InChI is InChI=1S/C26H27N5O2/c1-26(33)12-18(13-26)31-20-4-6-28-24(27)22(20)23(29-31)16-3-2-15-5-7-30(25(32)19(15)11-16)21-10-14-8-17(21)9-14/h2-7,11,14,17-18,21,33H,8-10,12-13H2,1H3,(H2,27,28). The third kappa shape index (κ3) is 2.75. The number of nitrogens with zero attached hydrogens (tertiary/aromatic N) is 4. The third-order valence-electron chi connectivity index (χ3n) is 8.30. The molecule has 0 saturated heterocycles. The summed E-state index contributed by atoms with van der Waals surface area (Å²) in [7, 11) is 0. The maximum absolute atomic E-state index is 13.5. The Hall–Kier alpha value is -3.19. The first-order valence-electron chi connectivity index (χ1n) is 11.9. The second-order valence-corrected chi connectivity index (χ2v) is 10.7. The SMILES string of the molecule is CC1(O)CC(n2nc(-c3ccc4ccn(C5CC6CC5C6)c(=O)c4c3)c3c(N)nccc32)C1. The van der Waals surface area contributed by atoms with Gasteiger partial charge in [0.25, 0.3) is 5.56 Å². The van der Waals surface area contributed by atoms with Gasteiger partial charge >= 0.3 is 0 Å². The predicted molar refractivity (Wildman–Crippen MR) is 128 cm³/mol. The van der Waals surface area contributed by atoms with Gasteiger partial charge in [0, 0.05) is 29.4 Å². The van der Waals surface area contributed by atoms with E-state index in [2.05, 4.69) is 11.1 Å². The van der Waals surface area contributed by atoms with Crippen LogP contribution >= 0.6 is 0 Å². The Morgan fingerprint density at radius 1 is 1.15 bits per heavy atom. The van der Waals surface area contributed by atoms with Crippen LogP contribution in [0.3, 0.4) is 0 Å². The fraction of sp³-hybridized carbons (Fsp3) is 0.423. The van der Waals surface area contributed by atoms with Crippen LogP contribution in [0.5, 0.6) is 0 Å². The van der Waals surface area contributed by atoms with Gasteiger partial charge in [0.2, 0.25) is 0 Å². The van der Waals surface area contributed by atoms with Crippen molar-refractivity contribution in [2.24, 2.45) is 11.8 Å². The van der Waals surface area contributed by atoms with E-state index in [9.17, 15) is 9.90 Å². The molecule has 4 fully saturated rings. The number of aromatic nitrogens is 4. The molecule has 1 atom stereocenters. The smallest absolute Gasteiger partial charge is 0.258 e. The van der Waals surface area contributed by atoms with Crippen LogP contribution in [0, 0.1) is 11.8 Å². The largest absolute Gasteiger partial charge is 0.390 e. The molecule has 4 aliphatic carbocycles. The summed E-state index contributed by atoms with van der Waals surface area (Å²) in [6.07, 6.45) is 8.62. The van der Waals surface area contributed by atoms with Gasteiger partial charge in [0.05, 0.1) is 22.5 Å². The first-order chi connectivity index (χ1) is 15.9. The second-order valence-electron chi connectivity index (χ2n) is 10.7. The molecule has 7 nitrogen and oxygen atoms in total. The number of nitrogen functional groups attached to an aromatic ring is 1. The van der Waals surface area contributed by atoms with E-state index in [-0.39, 0.29) is 11.6 Å². The van der Waals surface area contributed by atoms with Crippen LogP contribution < -0.4 is 11.3 Å². The molecule has 1 aromatic carbocycles. The molecule has 0 aliphatic heterocycles. The maximum atomic E-state index is 13.5. The monoisotopic (exact) mass is 441 g/mol. The molecule has 1 unspecified atom stereocenters. The molecule has 4 aromatic rings. The van der Waals surface area contributed by atoms with Crippen LogP contribution in [0.25, 0.3) is 32.9 Å². The fourth-order valence-electron chi connectivity index (χ4n) is 6.55. The molecule has 3 N–H and O–H groups in total. The van der Waals surface area contributed by atoms with Crippen LogP contribution in [-0.4, -0.2) is 30.0 Å². The molecule has 8 rings (SSSR count). The molecule has 0 amide bonds. The Morgan fingerprint density at radius 2 is 1.97 bits per heavy atom. The summed E-state index contributed by atoms with van der Waals surface area (Å²) in [4.78, 5) is 17.8. The van der Waals surface area contributed by atoms with Gasteiger partial charge < -0.3 is 15.4 Å². The number of benzene rings is 1. The quantitative estimate of drug-likeness (QED) is 0.500. The van der Waals surface area contributed by atoms with E-state index in [1.807, 2.05) is 46.6 Å². The molecule has 33 heavy (non-hydrogen) atoms. The minimum Gasteiger partial charge on any atom is -0.390 e. The lowest BCUT2D eigenvalue weighted by atomic mass is 9.77. The third-order valence-corrected chi connectivity index (χ3v) is 8.30. The molecular weight excluding hydrogens is 414 g/mol. The van der Waals surface area contributed by atoms with Gasteiger partial charge in [-0.15, -0.1) is 0 Å². The van der Waals surface area contributed by atoms with Crippen LogP contribution in [0.1, 0.15) is 51.1 Å².